The number of nitrogens with zero attached hydrogens (tertiary/aromatic N) is 2. The fourth-order valence-corrected chi connectivity index (χ4v) is 4.25. The van der Waals surface area contributed by atoms with Crippen molar-refractivity contribution in [1.29, 1.82) is 0 Å². The van der Waals surface area contributed by atoms with Crippen LogP contribution in [-0.4, -0.2) is 16.5 Å². The summed E-state index contributed by atoms with van der Waals surface area (Å²) in [4.78, 5) is 10.9. The fraction of sp³-hybridized carbons (Fsp3) is 0.538. The second-order valence-electron chi connectivity index (χ2n) is 4.56. The van der Waals surface area contributed by atoms with Crippen LogP contribution in [0.25, 0.3) is 0 Å². The number of thiazole rings is 2. The third-order valence-electron chi connectivity index (χ3n) is 3.20. The largest absolute Gasteiger partial charge is 0.303 e. The molecule has 1 aliphatic rings. The van der Waals surface area contributed by atoms with Crippen molar-refractivity contribution in [2.24, 2.45) is 0 Å². The Bertz CT molecular complexity index is 523. The molecule has 18 heavy (non-hydrogen) atoms. The monoisotopic (exact) mass is 279 g/mol. The maximum atomic E-state index is 4.82. The van der Waals surface area contributed by atoms with Gasteiger partial charge in [-0.05, 0) is 32.7 Å². The Balaban J connectivity index is 1.93. The zero-order valence-electron chi connectivity index (χ0n) is 10.7. The molecule has 96 valence electrons. The van der Waals surface area contributed by atoms with Gasteiger partial charge in [-0.15, -0.1) is 22.7 Å². The van der Waals surface area contributed by atoms with Crippen molar-refractivity contribution in [3.05, 3.63) is 31.7 Å². The molecule has 1 unspecified atom stereocenters. The average molecular weight is 279 g/mol. The number of rotatable bonds is 4. The Morgan fingerprint density at radius 1 is 1.39 bits per heavy atom. The highest BCUT2D eigenvalue weighted by atomic mass is 32.1. The van der Waals surface area contributed by atoms with Gasteiger partial charge < -0.3 is 5.32 Å². The Morgan fingerprint density at radius 3 is 2.94 bits per heavy atom. The van der Waals surface area contributed by atoms with E-state index in [1.54, 1.807) is 11.3 Å². The van der Waals surface area contributed by atoms with Crippen LogP contribution in [0.15, 0.2) is 5.38 Å². The van der Waals surface area contributed by atoms with E-state index in [1.165, 1.54) is 28.4 Å². The van der Waals surface area contributed by atoms with E-state index in [0.717, 1.165) is 23.7 Å². The molecule has 1 N–H and O–H groups in total. The molecule has 2 aromatic heterocycles. The first-order chi connectivity index (χ1) is 8.78. The van der Waals surface area contributed by atoms with Gasteiger partial charge in [0.1, 0.15) is 11.0 Å². The standard InChI is InChI=1S/C13H17N3S2/c1-3-14-12(10-7-17-8(2)15-10)13-16-9-5-4-6-11(9)18-13/h7,12,14H,3-6H2,1-2H3. The van der Waals surface area contributed by atoms with Gasteiger partial charge in [0.15, 0.2) is 0 Å². The summed E-state index contributed by atoms with van der Waals surface area (Å²) in [6.45, 7) is 5.12. The first-order valence-corrected chi connectivity index (χ1v) is 8.11. The lowest BCUT2D eigenvalue weighted by atomic mass is 10.2. The van der Waals surface area contributed by atoms with E-state index < -0.39 is 0 Å². The van der Waals surface area contributed by atoms with Crippen LogP contribution in [0.1, 0.15) is 45.7 Å². The summed E-state index contributed by atoms with van der Waals surface area (Å²) in [6, 6.07) is 0.176. The molecule has 5 heteroatoms. The maximum absolute atomic E-state index is 4.82. The zero-order chi connectivity index (χ0) is 12.5. The van der Waals surface area contributed by atoms with Crippen LogP contribution < -0.4 is 5.32 Å². The van der Waals surface area contributed by atoms with Crippen molar-refractivity contribution < 1.29 is 0 Å². The number of fused-ring (bicyclic) bond motifs is 1. The summed E-state index contributed by atoms with van der Waals surface area (Å²) in [5.41, 5.74) is 2.44. The molecule has 3 nitrogen and oxygen atoms in total. The van der Waals surface area contributed by atoms with E-state index in [1.807, 2.05) is 11.3 Å². The zero-order valence-corrected chi connectivity index (χ0v) is 12.3. The van der Waals surface area contributed by atoms with Gasteiger partial charge >= 0.3 is 0 Å². The van der Waals surface area contributed by atoms with E-state index in [-0.39, 0.29) is 6.04 Å². The molecular weight excluding hydrogens is 262 g/mol. The summed E-state index contributed by atoms with van der Waals surface area (Å²) >= 11 is 3.57. The Hall–Kier alpha value is -0.780. The molecule has 2 aromatic rings. The van der Waals surface area contributed by atoms with E-state index in [4.69, 9.17) is 4.98 Å². The van der Waals surface area contributed by atoms with Crippen LogP contribution in [0.4, 0.5) is 0 Å². The topological polar surface area (TPSA) is 37.8 Å². The molecule has 0 saturated carbocycles. The highest BCUT2D eigenvalue weighted by Crippen LogP contribution is 2.33. The lowest BCUT2D eigenvalue weighted by Gasteiger charge is -2.12. The SMILES string of the molecule is CCNC(c1csc(C)n1)c1nc2c(s1)CCC2. The summed E-state index contributed by atoms with van der Waals surface area (Å²) < 4.78 is 0. The predicted octanol–water partition coefficient (Wildman–Crippen LogP) is 3.10. The van der Waals surface area contributed by atoms with Gasteiger partial charge in [-0.1, -0.05) is 6.92 Å². The van der Waals surface area contributed by atoms with Crippen molar-refractivity contribution in [2.75, 3.05) is 6.54 Å². The number of nitrogens with one attached hydrogen (secondary N) is 1. The quantitative estimate of drug-likeness (QED) is 0.934. The van der Waals surface area contributed by atoms with E-state index in [0.29, 0.717) is 0 Å². The van der Waals surface area contributed by atoms with Gasteiger partial charge in [-0.25, -0.2) is 9.97 Å². The lowest BCUT2D eigenvalue weighted by molar-refractivity contribution is 0.612. The fourth-order valence-electron chi connectivity index (χ4n) is 2.37. The smallest absolute Gasteiger partial charge is 0.116 e. The van der Waals surface area contributed by atoms with Gasteiger partial charge in [-0.2, -0.15) is 0 Å². The minimum absolute atomic E-state index is 0.176. The van der Waals surface area contributed by atoms with E-state index in [2.05, 4.69) is 29.5 Å². The number of hydrogen-bond donors (Lipinski definition) is 1. The molecule has 1 atom stereocenters. The van der Waals surface area contributed by atoms with E-state index in [9.17, 15) is 0 Å². The molecule has 1 aliphatic carbocycles. The normalized spacial score (nSPS) is 15.9. The van der Waals surface area contributed by atoms with Crippen LogP contribution in [0.5, 0.6) is 0 Å². The molecular formula is C13H17N3S2. The Kier molecular flexibility index (Phi) is 3.46. The van der Waals surface area contributed by atoms with Gasteiger partial charge in [0.25, 0.3) is 0 Å². The maximum Gasteiger partial charge on any atom is 0.116 e. The highest BCUT2D eigenvalue weighted by Gasteiger charge is 2.24. The lowest BCUT2D eigenvalue weighted by Crippen LogP contribution is -2.22. The summed E-state index contributed by atoms with van der Waals surface area (Å²) in [5.74, 6) is 0. The molecule has 0 bridgehead atoms. The molecule has 3 rings (SSSR count). The van der Waals surface area contributed by atoms with Crippen LogP contribution in [-0.2, 0) is 12.8 Å². The van der Waals surface area contributed by atoms with Crippen molar-refractivity contribution >= 4 is 22.7 Å². The van der Waals surface area contributed by atoms with Gasteiger partial charge in [0.2, 0.25) is 0 Å². The third kappa shape index (κ3) is 2.22. The Morgan fingerprint density at radius 2 is 2.28 bits per heavy atom. The molecule has 0 aromatic carbocycles. The molecule has 2 heterocycles. The minimum Gasteiger partial charge on any atom is -0.303 e. The van der Waals surface area contributed by atoms with Crippen LogP contribution >= 0.6 is 22.7 Å². The predicted molar refractivity (Wildman–Crippen MR) is 76.5 cm³/mol. The van der Waals surface area contributed by atoms with Crippen LogP contribution in [0.3, 0.4) is 0 Å². The third-order valence-corrected chi connectivity index (χ3v) is 5.21. The number of aromatic nitrogens is 2. The molecule has 0 aliphatic heterocycles. The highest BCUT2D eigenvalue weighted by molar-refractivity contribution is 7.12. The Labute approximate surface area is 115 Å². The first-order valence-electron chi connectivity index (χ1n) is 6.41. The molecule has 0 saturated heterocycles. The van der Waals surface area contributed by atoms with Crippen LogP contribution in [0, 0.1) is 6.92 Å². The number of hydrogen-bond acceptors (Lipinski definition) is 5. The summed E-state index contributed by atoms with van der Waals surface area (Å²) in [6.07, 6.45) is 3.64. The molecule has 0 fully saturated rings. The van der Waals surface area contributed by atoms with Gasteiger partial charge in [0, 0.05) is 10.3 Å². The number of aryl methyl sites for hydroxylation is 3. The molecule has 0 amide bonds. The molecule has 0 radical (unpaired) electrons. The van der Waals surface area contributed by atoms with Crippen molar-refractivity contribution in [3.63, 3.8) is 0 Å². The van der Waals surface area contributed by atoms with Crippen molar-refractivity contribution in [2.45, 2.75) is 39.2 Å². The average Bonchev–Trinajstić information content (AvgIpc) is 3.00. The molecule has 0 spiro atoms. The summed E-state index contributed by atoms with van der Waals surface area (Å²) in [7, 11) is 0. The van der Waals surface area contributed by atoms with Crippen molar-refractivity contribution in [3.8, 4) is 0 Å². The summed E-state index contributed by atoms with van der Waals surface area (Å²) in [5, 5.41) is 7.97. The van der Waals surface area contributed by atoms with Gasteiger partial charge in [0.05, 0.1) is 16.4 Å². The van der Waals surface area contributed by atoms with E-state index >= 15 is 0 Å². The second-order valence-corrected chi connectivity index (χ2v) is 6.74. The van der Waals surface area contributed by atoms with Crippen molar-refractivity contribution in [1.82, 2.24) is 15.3 Å². The first kappa shape index (κ1) is 12.3. The van der Waals surface area contributed by atoms with Gasteiger partial charge in [-0.3, -0.25) is 0 Å². The minimum atomic E-state index is 0.176. The van der Waals surface area contributed by atoms with Crippen LogP contribution in [0.2, 0.25) is 0 Å². The second kappa shape index (κ2) is 5.07.